The van der Waals surface area contributed by atoms with E-state index in [1.54, 1.807) is 24.3 Å². The zero-order chi connectivity index (χ0) is 15.4. The molecule has 0 aliphatic carbocycles. The fraction of sp³-hybridized carbons (Fsp3) is 0.200. The fourth-order valence-electron chi connectivity index (χ4n) is 2.18. The van der Waals surface area contributed by atoms with Crippen LogP contribution in [-0.4, -0.2) is 7.11 Å². The lowest BCUT2D eigenvalue weighted by molar-refractivity contribution is 0.390. The molecule has 1 atom stereocenters. The highest BCUT2D eigenvalue weighted by Gasteiger charge is 2.20. The Labute approximate surface area is 130 Å². The minimum absolute atomic E-state index is 0.348. The lowest BCUT2D eigenvalue weighted by Gasteiger charge is -2.20. The van der Waals surface area contributed by atoms with Crippen LogP contribution in [0.5, 0.6) is 5.75 Å². The molecule has 112 valence electrons. The molecule has 0 saturated carbocycles. The molecule has 2 aromatic carbocycles. The Hall–Kier alpha value is -1.50. The number of ether oxygens (including phenoxy) is 1. The van der Waals surface area contributed by atoms with E-state index in [9.17, 15) is 8.78 Å². The molecule has 2 rings (SSSR count). The van der Waals surface area contributed by atoms with E-state index in [-0.39, 0.29) is 5.82 Å². The average Bonchev–Trinajstić information content (AvgIpc) is 2.48. The first kappa shape index (κ1) is 15.9. The van der Waals surface area contributed by atoms with E-state index in [2.05, 4.69) is 21.4 Å². The van der Waals surface area contributed by atoms with Gasteiger partial charge in [-0.3, -0.25) is 11.3 Å². The highest BCUT2D eigenvalue weighted by molar-refractivity contribution is 9.10. The minimum Gasteiger partial charge on any atom is -0.496 e. The Balaban J connectivity index is 2.34. The van der Waals surface area contributed by atoms with Crippen LogP contribution in [0.2, 0.25) is 0 Å². The number of halogens is 3. The molecule has 0 amide bonds. The summed E-state index contributed by atoms with van der Waals surface area (Å²) in [4.78, 5) is 0. The molecule has 0 fully saturated rings. The molecular formula is C15H15BrF2N2O. The van der Waals surface area contributed by atoms with Crippen LogP contribution < -0.4 is 16.0 Å². The van der Waals surface area contributed by atoms with Gasteiger partial charge in [-0.1, -0.05) is 12.1 Å². The van der Waals surface area contributed by atoms with Crippen molar-refractivity contribution in [1.29, 1.82) is 0 Å². The van der Waals surface area contributed by atoms with Crippen LogP contribution in [0.3, 0.4) is 0 Å². The van der Waals surface area contributed by atoms with Crippen molar-refractivity contribution in [2.45, 2.75) is 12.5 Å². The molecule has 0 radical (unpaired) electrons. The van der Waals surface area contributed by atoms with E-state index in [1.165, 1.54) is 19.2 Å². The maximum absolute atomic E-state index is 14.1. The van der Waals surface area contributed by atoms with Crippen molar-refractivity contribution in [2.75, 3.05) is 7.11 Å². The molecule has 2 aromatic rings. The van der Waals surface area contributed by atoms with Gasteiger partial charge >= 0.3 is 0 Å². The van der Waals surface area contributed by atoms with Crippen LogP contribution in [0.4, 0.5) is 8.78 Å². The molecule has 0 heterocycles. The van der Waals surface area contributed by atoms with Gasteiger partial charge in [0.25, 0.3) is 0 Å². The fourth-order valence-corrected chi connectivity index (χ4v) is 2.61. The number of rotatable bonds is 5. The number of hydrazine groups is 1. The van der Waals surface area contributed by atoms with Crippen molar-refractivity contribution in [3.05, 3.63) is 63.6 Å². The van der Waals surface area contributed by atoms with Gasteiger partial charge < -0.3 is 4.74 Å². The van der Waals surface area contributed by atoms with Gasteiger partial charge in [0.05, 0.1) is 17.6 Å². The van der Waals surface area contributed by atoms with Crippen LogP contribution in [0.15, 0.2) is 40.9 Å². The molecule has 0 aromatic heterocycles. The van der Waals surface area contributed by atoms with Gasteiger partial charge in [-0.2, -0.15) is 0 Å². The number of nitrogens with two attached hydrogens (primary N) is 1. The Morgan fingerprint density at radius 1 is 1.24 bits per heavy atom. The maximum atomic E-state index is 14.1. The third-order valence-corrected chi connectivity index (χ3v) is 3.81. The standard InChI is InChI=1S/C15H15BrF2N2O/c1-21-14-4-2-3-12(18)15(14)13(20-19)8-9-5-6-11(17)10(16)7-9/h2-7,13,20H,8,19H2,1H3. The van der Waals surface area contributed by atoms with Gasteiger partial charge in [-0.05, 0) is 52.2 Å². The summed E-state index contributed by atoms with van der Waals surface area (Å²) in [6, 6.07) is 8.74. The first-order chi connectivity index (χ1) is 10.1. The lowest BCUT2D eigenvalue weighted by atomic mass is 9.98. The molecular weight excluding hydrogens is 342 g/mol. The zero-order valence-electron chi connectivity index (χ0n) is 11.4. The summed E-state index contributed by atoms with van der Waals surface area (Å²) in [6.07, 6.45) is 0.396. The molecule has 0 spiro atoms. The van der Waals surface area contributed by atoms with Gasteiger partial charge in [-0.15, -0.1) is 0 Å². The minimum atomic E-state index is -0.487. The molecule has 3 N–H and O–H groups in total. The second-order valence-corrected chi connectivity index (χ2v) is 5.38. The maximum Gasteiger partial charge on any atom is 0.137 e. The predicted molar refractivity (Wildman–Crippen MR) is 80.8 cm³/mol. The molecule has 0 aliphatic rings. The van der Waals surface area contributed by atoms with E-state index in [0.29, 0.717) is 22.2 Å². The Bertz CT molecular complexity index is 637. The van der Waals surface area contributed by atoms with E-state index >= 15 is 0 Å². The summed E-state index contributed by atoms with van der Waals surface area (Å²) < 4.78 is 32.9. The van der Waals surface area contributed by atoms with Crippen molar-refractivity contribution >= 4 is 15.9 Å². The van der Waals surface area contributed by atoms with Gasteiger partial charge in [0.1, 0.15) is 17.4 Å². The summed E-state index contributed by atoms with van der Waals surface area (Å²) in [7, 11) is 1.47. The summed E-state index contributed by atoms with van der Waals surface area (Å²) in [5.74, 6) is 5.22. The molecule has 1 unspecified atom stereocenters. The van der Waals surface area contributed by atoms with E-state index in [0.717, 1.165) is 5.56 Å². The van der Waals surface area contributed by atoms with Gasteiger partial charge in [0, 0.05) is 5.56 Å². The second kappa shape index (κ2) is 6.98. The molecule has 0 saturated heterocycles. The highest BCUT2D eigenvalue weighted by Crippen LogP contribution is 2.30. The molecule has 21 heavy (non-hydrogen) atoms. The topological polar surface area (TPSA) is 47.3 Å². The smallest absolute Gasteiger partial charge is 0.137 e. The largest absolute Gasteiger partial charge is 0.496 e. The van der Waals surface area contributed by atoms with Crippen molar-refractivity contribution in [2.24, 2.45) is 5.84 Å². The Kier molecular flexibility index (Phi) is 5.27. The van der Waals surface area contributed by atoms with Crippen molar-refractivity contribution in [3.8, 4) is 5.75 Å². The third kappa shape index (κ3) is 3.58. The van der Waals surface area contributed by atoms with Gasteiger partial charge in [0.15, 0.2) is 0 Å². The second-order valence-electron chi connectivity index (χ2n) is 4.53. The van der Waals surface area contributed by atoms with Crippen molar-refractivity contribution < 1.29 is 13.5 Å². The van der Waals surface area contributed by atoms with Crippen LogP contribution in [0.25, 0.3) is 0 Å². The number of nitrogens with one attached hydrogen (secondary N) is 1. The van der Waals surface area contributed by atoms with Crippen LogP contribution >= 0.6 is 15.9 Å². The van der Waals surface area contributed by atoms with Gasteiger partial charge in [-0.25, -0.2) is 8.78 Å². The summed E-state index contributed by atoms with van der Waals surface area (Å²) in [5, 5.41) is 0. The number of methoxy groups -OCH3 is 1. The summed E-state index contributed by atoms with van der Waals surface area (Å²) in [6.45, 7) is 0. The average molecular weight is 357 g/mol. The van der Waals surface area contributed by atoms with E-state index in [4.69, 9.17) is 10.6 Å². The molecule has 3 nitrogen and oxygen atoms in total. The Morgan fingerprint density at radius 3 is 2.62 bits per heavy atom. The number of hydrogen-bond donors (Lipinski definition) is 2. The zero-order valence-corrected chi connectivity index (χ0v) is 13.0. The Morgan fingerprint density at radius 2 is 2.00 bits per heavy atom. The van der Waals surface area contributed by atoms with Crippen LogP contribution in [0, 0.1) is 11.6 Å². The summed E-state index contributed by atoms with van der Waals surface area (Å²) >= 11 is 3.13. The van der Waals surface area contributed by atoms with Crippen molar-refractivity contribution in [1.82, 2.24) is 5.43 Å². The molecule has 0 bridgehead atoms. The van der Waals surface area contributed by atoms with Crippen molar-refractivity contribution in [3.63, 3.8) is 0 Å². The number of benzene rings is 2. The highest BCUT2D eigenvalue weighted by atomic mass is 79.9. The molecule has 6 heteroatoms. The monoisotopic (exact) mass is 356 g/mol. The SMILES string of the molecule is COc1cccc(F)c1C(Cc1ccc(F)c(Br)c1)NN. The van der Waals surface area contributed by atoms with E-state index in [1.807, 2.05) is 0 Å². The number of hydrogen-bond acceptors (Lipinski definition) is 3. The third-order valence-electron chi connectivity index (χ3n) is 3.21. The normalized spacial score (nSPS) is 12.2. The summed E-state index contributed by atoms with van der Waals surface area (Å²) in [5.41, 5.74) is 3.75. The van der Waals surface area contributed by atoms with Gasteiger partial charge in [0.2, 0.25) is 0 Å². The van der Waals surface area contributed by atoms with Crippen LogP contribution in [-0.2, 0) is 6.42 Å². The molecule has 0 aliphatic heterocycles. The first-order valence-corrected chi connectivity index (χ1v) is 7.08. The quantitative estimate of drug-likeness (QED) is 0.636. The predicted octanol–water partition coefficient (Wildman–Crippen LogP) is 3.48. The van der Waals surface area contributed by atoms with Crippen LogP contribution in [0.1, 0.15) is 17.2 Å². The first-order valence-electron chi connectivity index (χ1n) is 6.29. The van der Waals surface area contributed by atoms with E-state index < -0.39 is 11.9 Å². The lowest BCUT2D eigenvalue weighted by Crippen LogP contribution is -2.30.